The van der Waals surface area contributed by atoms with Crippen molar-refractivity contribution in [1.82, 2.24) is 5.32 Å². The molecule has 19 heavy (non-hydrogen) atoms. The van der Waals surface area contributed by atoms with Crippen LogP contribution in [-0.2, 0) is 6.54 Å². The monoisotopic (exact) mass is 329 g/mol. The zero-order chi connectivity index (χ0) is 14.0. The molecule has 2 nitrogen and oxygen atoms in total. The van der Waals surface area contributed by atoms with Gasteiger partial charge in [-0.3, -0.25) is 0 Å². The van der Waals surface area contributed by atoms with Crippen LogP contribution in [0.4, 0.5) is 8.78 Å². The molecule has 0 radical (unpaired) electrons. The quantitative estimate of drug-likeness (QED) is 0.836. The second-order valence-electron chi connectivity index (χ2n) is 4.51. The fourth-order valence-corrected chi connectivity index (χ4v) is 2.10. The number of benzene rings is 1. The van der Waals surface area contributed by atoms with Crippen LogP contribution in [0.5, 0.6) is 0 Å². The van der Waals surface area contributed by atoms with Gasteiger partial charge in [0.25, 0.3) is 0 Å². The molecular weight excluding hydrogens is 316 g/mol. The van der Waals surface area contributed by atoms with E-state index in [1.807, 2.05) is 13.8 Å². The van der Waals surface area contributed by atoms with Gasteiger partial charge in [0, 0.05) is 11.6 Å². The Balaban J connectivity index is 2.43. The van der Waals surface area contributed by atoms with Gasteiger partial charge in [-0.2, -0.15) is 0 Å². The van der Waals surface area contributed by atoms with Crippen molar-refractivity contribution in [2.75, 3.05) is 0 Å². The predicted molar refractivity (Wildman–Crippen MR) is 73.7 cm³/mol. The Morgan fingerprint density at radius 3 is 2.68 bits per heavy atom. The van der Waals surface area contributed by atoms with E-state index in [2.05, 4.69) is 21.2 Å². The van der Waals surface area contributed by atoms with Crippen molar-refractivity contribution >= 4 is 15.9 Å². The molecule has 0 spiro atoms. The summed E-state index contributed by atoms with van der Waals surface area (Å²) in [6, 6.07) is 4.41. The molecule has 2 aromatic rings. The lowest BCUT2D eigenvalue weighted by Crippen LogP contribution is -2.21. The molecule has 0 fully saturated rings. The van der Waals surface area contributed by atoms with Crippen molar-refractivity contribution in [2.24, 2.45) is 0 Å². The molecule has 102 valence electrons. The molecule has 0 aliphatic rings. The van der Waals surface area contributed by atoms with E-state index >= 15 is 0 Å². The van der Waals surface area contributed by atoms with Crippen molar-refractivity contribution in [2.45, 2.75) is 26.4 Å². The van der Waals surface area contributed by atoms with Gasteiger partial charge >= 0.3 is 0 Å². The molecule has 1 aromatic heterocycles. The van der Waals surface area contributed by atoms with Crippen LogP contribution in [0.2, 0.25) is 0 Å². The number of rotatable bonds is 4. The lowest BCUT2D eigenvalue weighted by Gasteiger charge is -2.09. The number of hydrogen-bond donors (Lipinski definition) is 1. The second-order valence-corrected chi connectivity index (χ2v) is 5.37. The number of nitrogens with one attached hydrogen (secondary N) is 1. The summed E-state index contributed by atoms with van der Waals surface area (Å²) in [5.74, 6) is -0.704. The molecule has 0 saturated heterocycles. The van der Waals surface area contributed by atoms with Crippen molar-refractivity contribution in [3.63, 3.8) is 0 Å². The van der Waals surface area contributed by atoms with Gasteiger partial charge in [-0.05, 0) is 34.1 Å². The highest BCUT2D eigenvalue weighted by Crippen LogP contribution is 2.33. The number of hydrogen-bond acceptors (Lipinski definition) is 2. The van der Waals surface area contributed by atoms with Gasteiger partial charge < -0.3 is 9.73 Å². The topological polar surface area (TPSA) is 25.2 Å². The van der Waals surface area contributed by atoms with E-state index in [0.29, 0.717) is 17.9 Å². The third kappa shape index (κ3) is 3.04. The van der Waals surface area contributed by atoms with E-state index in [0.717, 1.165) is 0 Å². The van der Waals surface area contributed by atoms with Crippen LogP contribution in [-0.4, -0.2) is 6.04 Å². The van der Waals surface area contributed by atoms with E-state index < -0.39 is 11.6 Å². The molecule has 1 aromatic carbocycles. The van der Waals surface area contributed by atoms with Crippen LogP contribution in [0, 0.1) is 11.6 Å². The first-order valence-electron chi connectivity index (χ1n) is 5.94. The largest absolute Gasteiger partial charge is 0.467 e. The first kappa shape index (κ1) is 14.2. The Hall–Kier alpha value is -1.20. The average Bonchev–Trinajstić information content (AvgIpc) is 2.80. The fraction of sp³-hybridized carbons (Fsp3) is 0.286. The third-order valence-corrected chi connectivity index (χ3v) is 3.34. The molecule has 0 atom stereocenters. The van der Waals surface area contributed by atoms with Gasteiger partial charge in [0.05, 0.1) is 22.8 Å². The summed E-state index contributed by atoms with van der Waals surface area (Å²) in [5, 5.41) is 3.16. The summed E-state index contributed by atoms with van der Waals surface area (Å²) < 4.78 is 33.4. The Morgan fingerprint density at radius 2 is 2.00 bits per heavy atom. The van der Waals surface area contributed by atoms with E-state index in [-0.39, 0.29) is 16.1 Å². The normalized spacial score (nSPS) is 11.3. The maximum Gasteiger partial charge on any atom is 0.148 e. The van der Waals surface area contributed by atoms with E-state index in [9.17, 15) is 8.78 Å². The van der Waals surface area contributed by atoms with Gasteiger partial charge in [0.1, 0.15) is 17.4 Å². The van der Waals surface area contributed by atoms with Crippen LogP contribution in [0.15, 0.2) is 33.4 Å². The van der Waals surface area contributed by atoms with Crippen LogP contribution >= 0.6 is 15.9 Å². The molecule has 0 saturated carbocycles. The highest BCUT2D eigenvalue weighted by atomic mass is 79.9. The molecule has 1 N–H and O–H groups in total. The summed E-state index contributed by atoms with van der Waals surface area (Å²) >= 11 is 3.06. The minimum Gasteiger partial charge on any atom is -0.467 e. The van der Waals surface area contributed by atoms with Crippen LogP contribution < -0.4 is 5.32 Å². The fourth-order valence-electron chi connectivity index (χ4n) is 1.77. The average molecular weight is 330 g/mol. The SMILES string of the molecule is CC(C)NCc1occc1-c1c(F)ccc(Br)c1F. The zero-order valence-corrected chi connectivity index (χ0v) is 12.2. The first-order chi connectivity index (χ1) is 9.00. The molecule has 2 rings (SSSR count). The van der Waals surface area contributed by atoms with Crippen molar-refractivity contribution in [3.05, 3.63) is 46.3 Å². The maximum atomic E-state index is 14.1. The molecule has 0 unspecified atom stereocenters. The summed E-state index contributed by atoms with van der Waals surface area (Å²) in [4.78, 5) is 0. The molecule has 0 aliphatic heterocycles. The maximum absolute atomic E-state index is 14.1. The van der Waals surface area contributed by atoms with Crippen LogP contribution in [0.3, 0.4) is 0 Å². The molecule has 0 bridgehead atoms. The van der Waals surface area contributed by atoms with Gasteiger partial charge in [0.2, 0.25) is 0 Å². The second kappa shape index (κ2) is 5.84. The van der Waals surface area contributed by atoms with Gasteiger partial charge in [-0.1, -0.05) is 13.8 Å². The van der Waals surface area contributed by atoms with Crippen LogP contribution in [0.1, 0.15) is 19.6 Å². The first-order valence-corrected chi connectivity index (χ1v) is 6.73. The van der Waals surface area contributed by atoms with E-state index in [4.69, 9.17) is 4.42 Å². The van der Waals surface area contributed by atoms with Gasteiger partial charge in [0.15, 0.2) is 0 Å². The predicted octanol–water partition coefficient (Wildman–Crippen LogP) is 4.49. The highest BCUT2D eigenvalue weighted by molar-refractivity contribution is 9.10. The van der Waals surface area contributed by atoms with Gasteiger partial charge in [-0.15, -0.1) is 0 Å². The Labute approximate surface area is 118 Å². The molecule has 1 heterocycles. The standard InChI is InChI=1S/C14H14BrF2NO/c1-8(2)18-7-12-9(5-6-19-12)13-11(16)4-3-10(15)14(13)17/h3-6,8,18H,7H2,1-2H3. The van der Waals surface area contributed by atoms with Gasteiger partial charge in [-0.25, -0.2) is 8.78 Å². The van der Waals surface area contributed by atoms with E-state index in [1.165, 1.54) is 18.4 Å². The lowest BCUT2D eigenvalue weighted by molar-refractivity contribution is 0.465. The summed E-state index contributed by atoms with van der Waals surface area (Å²) in [7, 11) is 0. The van der Waals surface area contributed by atoms with Crippen molar-refractivity contribution < 1.29 is 13.2 Å². The summed E-state index contributed by atoms with van der Waals surface area (Å²) in [5.41, 5.74) is 0.369. The minimum atomic E-state index is -0.618. The smallest absolute Gasteiger partial charge is 0.148 e. The summed E-state index contributed by atoms with van der Waals surface area (Å²) in [6.45, 7) is 4.40. The van der Waals surface area contributed by atoms with E-state index in [1.54, 1.807) is 6.07 Å². The van der Waals surface area contributed by atoms with Crippen LogP contribution in [0.25, 0.3) is 11.1 Å². The lowest BCUT2D eigenvalue weighted by atomic mass is 10.0. The van der Waals surface area contributed by atoms with Crippen molar-refractivity contribution in [1.29, 1.82) is 0 Å². The number of halogens is 3. The zero-order valence-electron chi connectivity index (χ0n) is 10.6. The number of furan rings is 1. The minimum absolute atomic E-state index is 0.0660. The molecule has 0 amide bonds. The third-order valence-electron chi connectivity index (χ3n) is 2.73. The molecule has 5 heteroatoms. The Morgan fingerprint density at radius 1 is 1.26 bits per heavy atom. The highest BCUT2D eigenvalue weighted by Gasteiger charge is 2.19. The molecule has 0 aliphatic carbocycles. The summed E-state index contributed by atoms with van der Waals surface area (Å²) in [6.07, 6.45) is 1.44. The molecular formula is C14H14BrF2NO. The Bertz CT molecular complexity index is 581. The Kier molecular flexibility index (Phi) is 4.37. The van der Waals surface area contributed by atoms with Crippen molar-refractivity contribution in [3.8, 4) is 11.1 Å².